The van der Waals surface area contributed by atoms with Crippen molar-refractivity contribution in [1.82, 2.24) is 14.5 Å². The monoisotopic (exact) mass is 425 g/mol. The van der Waals surface area contributed by atoms with E-state index >= 15 is 0 Å². The van der Waals surface area contributed by atoms with Crippen molar-refractivity contribution >= 4 is 10.0 Å². The average Bonchev–Trinajstić information content (AvgIpc) is 3.20. The van der Waals surface area contributed by atoms with Crippen molar-refractivity contribution in [3.05, 3.63) is 102 Å². The van der Waals surface area contributed by atoms with E-state index in [0.29, 0.717) is 17.3 Å². The Morgan fingerprint density at radius 2 is 1.57 bits per heavy atom. The van der Waals surface area contributed by atoms with E-state index < -0.39 is 26.6 Å². The Kier molecular flexibility index (Phi) is 5.43. The fourth-order valence-electron chi connectivity index (χ4n) is 3.02. The summed E-state index contributed by atoms with van der Waals surface area (Å²) >= 11 is 0. The molecule has 3 aromatic carbocycles. The van der Waals surface area contributed by atoms with Gasteiger partial charge in [-0.15, -0.1) is 0 Å². The Morgan fingerprint density at radius 3 is 2.27 bits per heavy atom. The van der Waals surface area contributed by atoms with E-state index in [-0.39, 0.29) is 6.54 Å². The van der Waals surface area contributed by atoms with Crippen LogP contribution in [0.25, 0.3) is 16.9 Å². The van der Waals surface area contributed by atoms with E-state index in [1.54, 1.807) is 10.9 Å². The van der Waals surface area contributed by atoms with Crippen molar-refractivity contribution in [2.45, 2.75) is 11.4 Å². The Hall–Kier alpha value is -3.36. The van der Waals surface area contributed by atoms with Crippen LogP contribution in [0.2, 0.25) is 0 Å². The normalized spacial score (nSPS) is 11.5. The molecule has 1 heterocycles. The van der Waals surface area contributed by atoms with Gasteiger partial charge in [-0.2, -0.15) is 5.10 Å². The molecule has 4 aromatic rings. The molecule has 4 rings (SSSR count). The quantitative estimate of drug-likeness (QED) is 0.501. The molecule has 30 heavy (non-hydrogen) atoms. The number of hydrogen-bond acceptors (Lipinski definition) is 3. The summed E-state index contributed by atoms with van der Waals surface area (Å²) in [5.41, 5.74) is 2.78. The van der Waals surface area contributed by atoms with Gasteiger partial charge < -0.3 is 0 Å². The fraction of sp³-hybridized carbons (Fsp3) is 0.0455. The average molecular weight is 425 g/mol. The molecule has 1 N–H and O–H groups in total. The highest BCUT2D eigenvalue weighted by molar-refractivity contribution is 7.89. The lowest BCUT2D eigenvalue weighted by molar-refractivity contribution is 0.545. The van der Waals surface area contributed by atoms with Gasteiger partial charge in [0.25, 0.3) is 0 Å². The summed E-state index contributed by atoms with van der Waals surface area (Å²) in [5.74, 6) is -1.86. The molecule has 0 saturated heterocycles. The molecule has 0 radical (unpaired) electrons. The van der Waals surface area contributed by atoms with Gasteiger partial charge in [0, 0.05) is 23.9 Å². The molecule has 0 amide bonds. The summed E-state index contributed by atoms with van der Waals surface area (Å²) in [4.78, 5) is -0.737. The minimum atomic E-state index is -4.27. The topological polar surface area (TPSA) is 64.0 Å². The van der Waals surface area contributed by atoms with Crippen molar-refractivity contribution < 1.29 is 17.2 Å². The van der Waals surface area contributed by atoms with Crippen LogP contribution in [0.15, 0.2) is 90.0 Å². The van der Waals surface area contributed by atoms with Gasteiger partial charge in [-0.25, -0.2) is 26.6 Å². The number of rotatable bonds is 6. The van der Waals surface area contributed by atoms with Gasteiger partial charge in [0.2, 0.25) is 10.0 Å². The predicted octanol–water partition coefficient (Wildman–Crippen LogP) is 4.30. The van der Waals surface area contributed by atoms with Crippen LogP contribution in [-0.4, -0.2) is 18.2 Å². The molecule has 152 valence electrons. The molecular weight excluding hydrogens is 408 g/mol. The van der Waals surface area contributed by atoms with E-state index in [9.17, 15) is 17.2 Å². The summed E-state index contributed by atoms with van der Waals surface area (Å²) < 4.78 is 56.5. The van der Waals surface area contributed by atoms with Crippen molar-refractivity contribution in [2.24, 2.45) is 0 Å². The third-order valence-electron chi connectivity index (χ3n) is 4.49. The molecule has 1 aromatic heterocycles. The first kappa shape index (κ1) is 19.9. The maximum atomic E-state index is 14.0. The number of hydrogen-bond donors (Lipinski definition) is 1. The largest absolute Gasteiger partial charge is 0.243 e. The van der Waals surface area contributed by atoms with Crippen LogP contribution in [0.1, 0.15) is 5.56 Å². The number of aromatic nitrogens is 2. The highest BCUT2D eigenvalue weighted by Crippen LogP contribution is 2.24. The lowest BCUT2D eigenvalue weighted by Crippen LogP contribution is -2.24. The second-order valence-corrected chi connectivity index (χ2v) is 8.28. The van der Waals surface area contributed by atoms with Crippen LogP contribution in [0.4, 0.5) is 8.78 Å². The van der Waals surface area contributed by atoms with Gasteiger partial charge >= 0.3 is 0 Å². The molecule has 0 fully saturated rings. The molecule has 0 aliphatic rings. The van der Waals surface area contributed by atoms with Crippen LogP contribution < -0.4 is 4.72 Å². The SMILES string of the molecule is O=S(=O)(NCc1cn(-c2ccccc2)nc1-c1ccccc1)c1cc(F)ccc1F. The molecule has 0 atom stereocenters. The van der Waals surface area contributed by atoms with Gasteiger partial charge in [0.15, 0.2) is 0 Å². The van der Waals surface area contributed by atoms with E-state index in [0.717, 1.165) is 23.4 Å². The first-order chi connectivity index (χ1) is 14.4. The summed E-state index contributed by atoms with van der Waals surface area (Å²) in [7, 11) is -4.27. The van der Waals surface area contributed by atoms with Crippen LogP contribution in [0.3, 0.4) is 0 Å². The van der Waals surface area contributed by atoms with Gasteiger partial charge in [0.1, 0.15) is 16.5 Å². The van der Waals surface area contributed by atoms with Crippen LogP contribution in [0.5, 0.6) is 0 Å². The van der Waals surface area contributed by atoms with E-state index in [1.807, 2.05) is 60.7 Å². The van der Waals surface area contributed by atoms with Gasteiger partial charge in [-0.3, -0.25) is 0 Å². The number of nitrogens with zero attached hydrogens (tertiary/aromatic N) is 2. The fourth-order valence-corrected chi connectivity index (χ4v) is 4.12. The minimum Gasteiger partial charge on any atom is -0.240 e. The number of sulfonamides is 1. The van der Waals surface area contributed by atoms with E-state index in [1.165, 1.54) is 0 Å². The third kappa shape index (κ3) is 4.14. The van der Waals surface area contributed by atoms with Crippen LogP contribution in [0, 0.1) is 11.6 Å². The van der Waals surface area contributed by atoms with Crippen LogP contribution >= 0.6 is 0 Å². The minimum absolute atomic E-state index is 0.144. The lowest BCUT2D eigenvalue weighted by Gasteiger charge is -2.08. The molecule has 0 aliphatic carbocycles. The van der Waals surface area contributed by atoms with Crippen molar-refractivity contribution in [1.29, 1.82) is 0 Å². The molecule has 5 nitrogen and oxygen atoms in total. The first-order valence-electron chi connectivity index (χ1n) is 9.08. The maximum absolute atomic E-state index is 14.0. The van der Waals surface area contributed by atoms with Gasteiger partial charge in [0.05, 0.1) is 11.4 Å². The number of benzene rings is 3. The second-order valence-electron chi connectivity index (χ2n) is 6.55. The molecule has 0 saturated carbocycles. The Balaban J connectivity index is 1.69. The smallest absolute Gasteiger partial charge is 0.240 e. The summed E-state index contributed by atoms with van der Waals surface area (Å²) in [5, 5.41) is 4.60. The number of nitrogens with one attached hydrogen (secondary N) is 1. The van der Waals surface area contributed by atoms with E-state index in [2.05, 4.69) is 9.82 Å². The van der Waals surface area contributed by atoms with Crippen molar-refractivity contribution in [3.8, 4) is 16.9 Å². The van der Waals surface area contributed by atoms with Crippen LogP contribution in [-0.2, 0) is 16.6 Å². The third-order valence-corrected chi connectivity index (χ3v) is 5.91. The molecule has 0 spiro atoms. The lowest BCUT2D eigenvalue weighted by atomic mass is 10.1. The molecule has 0 bridgehead atoms. The van der Waals surface area contributed by atoms with Crippen molar-refractivity contribution in [3.63, 3.8) is 0 Å². The second kappa shape index (κ2) is 8.17. The van der Waals surface area contributed by atoms with E-state index in [4.69, 9.17) is 0 Å². The zero-order valence-corrected chi connectivity index (χ0v) is 16.5. The Morgan fingerprint density at radius 1 is 0.900 bits per heavy atom. The highest BCUT2D eigenvalue weighted by atomic mass is 32.2. The first-order valence-corrected chi connectivity index (χ1v) is 10.6. The summed E-state index contributed by atoms with van der Waals surface area (Å²) in [6, 6.07) is 21.0. The summed E-state index contributed by atoms with van der Waals surface area (Å²) in [6.07, 6.45) is 1.71. The van der Waals surface area contributed by atoms with Gasteiger partial charge in [-0.05, 0) is 30.3 Å². The number of halogens is 2. The maximum Gasteiger partial charge on any atom is 0.243 e. The predicted molar refractivity (Wildman–Crippen MR) is 109 cm³/mol. The highest BCUT2D eigenvalue weighted by Gasteiger charge is 2.21. The van der Waals surface area contributed by atoms with Gasteiger partial charge in [-0.1, -0.05) is 48.5 Å². The zero-order chi connectivity index (χ0) is 21.1. The molecular formula is C22H17F2N3O2S. The summed E-state index contributed by atoms with van der Waals surface area (Å²) in [6.45, 7) is -0.144. The standard InChI is InChI=1S/C22H17F2N3O2S/c23-18-11-12-20(24)21(13-18)30(28,29)25-14-17-15-27(19-9-5-2-6-10-19)26-22(17)16-7-3-1-4-8-16/h1-13,15,25H,14H2. The molecule has 8 heteroatoms. The number of para-hydroxylation sites is 1. The molecule has 0 unspecified atom stereocenters. The van der Waals surface area contributed by atoms with Crippen molar-refractivity contribution in [2.75, 3.05) is 0 Å². The zero-order valence-electron chi connectivity index (χ0n) is 15.7. The molecule has 0 aliphatic heterocycles. The Bertz CT molecular complexity index is 1270. The Labute approximate surface area is 172 Å².